The summed E-state index contributed by atoms with van der Waals surface area (Å²) in [7, 11) is -1.46. The van der Waals surface area contributed by atoms with Crippen molar-refractivity contribution in [2.75, 3.05) is 0 Å². The molecule has 2 nitrogen and oxygen atoms in total. The summed E-state index contributed by atoms with van der Waals surface area (Å²) in [6.07, 6.45) is 5.10. The van der Waals surface area contributed by atoms with Crippen LogP contribution in [-0.4, -0.2) is 8.32 Å². The highest BCUT2D eigenvalue weighted by Gasteiger charge is 2.20. The van der Waals surface area contributed by atoms with Gasteiger partial charge < -0.3 is 4.43 Å². The Bertz CT molecular complexity index is 247. The molecule has 13 heavy (non-hydrogen) atoms. The monoisotopic (exact) mass is 195 g/mol. The van der Waals surface area contributed by atoms with E-state index in [1.165, 1.54) is 0 Å². The molecule has 0 aromatic carbocycles. The molecule has 0 heterocycles. The highest BCUT2D eigenvalue weighted by Crippen LogP contribution is 2.25. The maximum Gasteiger partial charge on any atom is 0.241 e. The molecule has 0 bridgehead atoms. The largest absolute Gasteiger partial charge is 0.548 e. The van der Waals surface area contributed by atoms with Gasteiger partial charge in [-0.05, 0) is 38.6 Å². The van der Waals surface area contributed by atoms with Gasteiger partial charge in [0, 0.05) is 6.42 Å². The lowest BCUT2D eigenvalue weighted by Crippen LogP contribution is -2.25. The first-order valence-corrected chi connectivity index (χ1v) is 8.21. The molecule has 1 aliphatic carbocycles. The maximum atomic E-state index is 8.77. The Morgan fingerprint density at radius 3 is 2.77 bits per heavy atom. The van der Waals surface area contributed by atoms with E-state index in [9.17, 15) is 0 Å². The minimum absolute atomic E-state index is 0.0834. The topological polar surface area (TPSA) is 33.0 Å². The van der Waals surface area contributed by atoms with Crippen LogP contribution in [0.2, 0.25) is 19.6 Å². The minimum atomic E-state index is -1.46. The van der Waals surface area contributed by atoms with Crippen molar-refractivity contribution in [1.29, 1.82) is 5.26 Å². The smallest absolute Gasteiger partial charge is 0.241 e. The second kappa shape index (κ2) is 3.97. The van der Waals surface area contributed by atoms with Gasteiger partial charge in [0.1, 0.15) is 0 Å². The van der Waals surface area contributed by atoms with Crippen molar-refractivity contribution in [3.05, 3.63) is 11.8 Å². The first-order valence-electron chi connectivity index (χ1n) is 4.80. The molecule has 1 rings (SSSR count). The van der Waals surface area contributed by atoms with E-state index in [1.807, 2.05) is 6.08 Å². The molecular weight excluding hydrogens is 178 g/mol. The van der Waals surface area contributed by atoms with Crippen molar-refractivity contribution in [2.24, 2.45) is 5.92 Å². The molecule has 0 saturated carbocycles. The fraction of sp³-hybridized carbons (Fsp3) is 0.700. The second-order valence-electron chi connectivity index (χ2n) is 4.48. The second-order valence-corrected chi connectivity index (χ2v) is 8.90. The Hall–Kier alpha value is -0.753. The molecular formula is C10H17NOSi. The van der Waals surface area contributed by atoms with Crippen molar-refractivity contribution in [1.82, 2.24) is 0 Å². The summed E-state index contributed by atoms with van der Waals surface area (Å²) < 4.78 is 5.86. The van der Waals surface area contributed by atoms with Crippen LogP contribution in [0.4, 0.5) is 0 Å². The molecule has 0 radical (unpaired) electrons. The van der Waals surface area contributed by atoms with E-state index in [4.69, 9.17) is 9.69 Å². The van der Waals surface area contributed by atoms with E-state index in [1.54, 1.807) is 0 Å². The van der Waals surface area contributed by atoms with E-state index in [2.05, 4.69) is 25.7 Å². The third-order valence-corrected chi connectivity index (χ3v) is 2.80. The average Bonchev–Trinajstić information content (AvgIpc) is 2.01. The molecule has 1 aliphatic rings. The van der Waals surface area contributed by atoms with Gasteiger partial charge >= 0.3 is 0 Å². The van der Waals surface area contributed by atoms with E-state index in [0.717, 1.165) is 25.0 Å². The van der Waals surface area contributed by atoms with Gasteiger partial charge in [-0.1, -0.05) is 0 Å². The molecule has 0 spiro atoms. The molecule has 0 saturated heterocycles. The minimum Gasteiger partial charge on any atom is -0.548 e. The molecule has 72 valence electrons. The lowest BCUT2D eigenvalue weighted by molar-refractivity contribution is 0.370. The summed E-state index contributed by atoms with van der Waals surface area (Å²) in [6.45, 7) is 6.51. The Morgan fingerprint density at radius 2 is 2.23 bits per heavy atom. The molecule has 0 aromatic rings. The van der Waals surface area contributed by atoms with E-state index in [-0.39, 0.29) is 5.92 Å². The van der Waals surface area contributed by atoms with Gasteiger partial charge in [-0.15, -0.1) is 0 Å². The Balaban J connectivity index is 2.60. The summed E-state index contributed by atoms with van der Waals surface area (Å²) in [4.78, 5) is 0. The van der Waals surface area contributed by atoms with Crippen LogP contribution in [0, 0.1) is 17.2 Å². The summed E-state index contributed by atoms with van der Waals surface area (Å²) in [6, 6.07) is 2.28. The molecule has 0 N–H and O–H groups in total. The number of hydrogen-bond donors (Lipinski definition) is 0. The summed E-state index contributed by atoms with van der Waals surface area (Å²) in [5.74, 6) is 1.14. The standard InChI is InChI=1S/C10H17NOSi/c1-13(2,3)12-10-6-4-5-9(7-10)8-11/h7,9H,4-6H2,1-3H3. The predicted molar refractivity (Wildman–Crippen MR) is 55.5 cm³/mol. The molecule has 0 aliphatic heterocycles. The maximum absolute atomic E-state index is 8.77. The van der Waals surface area contributed by atoms with Crippen molar-refractivity contribution in [2.45, 2.75) is 38.9 Å². The van der Waals surface area contributed by atoms with Gasteiger partial charge in [0.25, 0.3) is 0 Å². The normalized spacial score (nSPS) is 23.2. The number of hydrogen-bond acceptors (Lipinski definition) is 2. The summed E-state index contributed by atoms with van der Waals surface area (Å²) in [5.41, 5.74) is 0. The third-order valence-electron chi connectivity index (χ3n) is 1.93. The molecule has 0 fully saturated rings. The van der Waals surface area contributed by atoms with Crippen molar-refractivity contribution >= 4 is 8.32 Å². The fourth-order valence-corrected chi connectivity index (χ4v) is 2.42. The van der Waals surface area contributed by atoms with Crippen LogP contribution in [0.15, 0.2) is 11.8 Å². The van der Waals surface area contributed by atoms with Crippen LogP contribution < -0.4 is 0 Å². The summed E-state index contributed by atoms with van der Waals surface area (Å²) in [5, 5.41) is 8.77. The lowest BCUT2D eigenvalue weighted by atomic mass is 9.96. The molecule has 1 unspecified atom stereocenters. The summed E-state index contributed by atoms with van der Waals surface area (Å²) >= 11 is 0. The Kier molecular flexibility index (Phi) is 3.15. The average molecular weight is 195 g/mol. The first-order chi connectivity index (χ1) is 6.01. The van der Waals surface area contributed by atoms with Gasteiger partial charge in [-0.25, -0.2) is 0 Å². The molecule has 3 heteroatoms. The predicted octanol–water partition coefficient (Wildman–Crippen LogP) is 3.05. The Labute approximate surface area is 81.3 Å². The zero-order chi connectivity index (χ0) is 9.90. The van der Waals surface area contributed by atoms with E-state index >= 15 is 0 Å². The van der Waals surface area contributed by atoms with Gasteiger partial charge in [0.15, 0.2) is 0 Å². The number of rotatable bonds is 2. The van der Waals surface area contributed by atoms with Gasteiger partial charge in [-0.3, -0.25) is 0 Å². The molecule has 0 amide bonds. The zero-order valence-electron chi connectivity index (χ0n) is 8.63. The van der Waals surface area contributed by atoms with Crippen molar-refractivity contribution in [3.63, 3.8) is 0 Å². The van der Waals surface area contributed by atoms with Crippen LogP contribution in [0.25, 0.3) is 0 Å². The van der Waals surface area contributed by atoms with Crippen LogP contribution in [0.3, 0.4) is 0 Å². The van der Waals surface area contributed by atoms with Crippen LogP contribution in [0.5, 0.6) is 0 Å². The van der Waals surface area contributed by atoms with Gasteiger partial charge in [-0.2, -0.15) is 5.26 Å². The SMILES string of the molecule is C[Si](C)(C)OC1=CC(C#N)CCC1. The first kappa shape index (κ1) is 10.3. The number of nitrogens with zero attached hydrogens (tertiary/aromatic N) is 1. The van der Waals surface area contributed by atoms with E-state index in [0.29, 0.717) is 0 Å². The third kappa shape index (κ3) is 3.64. The van der Waals surface area contributed by atoms with Crippen LogP contribution >= 0.6 is 0 Å². The van der Waals surface area contributed by atoms with Gasteiger partial charge in [0.2, 0.25) is 8.32 Å². The van der Waals surface area contributed by atoms with Crippen molar-refractivity contribution < 1.29 is 4.43 Å². The number of nitriles is 1. The highest BCUT2D eigenvalue weighted by atomic mass is 28.4. The zero-order valence-corrected chi connectivity index (χ0v) is 9.63. The van der Waals surface area contributed by atoms with Gasteiger partial charge in [0.05, 0.1) is 17.7 Å². The molecule has 0 aromatic heterocycles. The number of allylic oxidation sites excluding steroid dienone is 2. The molecule has 1 atom stereocenters. The van der Waals surface area contributed by atoms with Crippen LogP contribution in [-0.2, 0) is 4.43 Å². The fourth-order valence-electron chi connectivity index (χ4n) is 1.47. The Morgan fingerprint density at radius 1 is 1.54 bits per heavy atom. The van der Waals surface area contributed by atoms with E-state index < -0.39 is 8.32 Å². The van der Waals surface area contributed by atoms with Crippen molar-refractivity contribution in [3.8, 4) is 6.07 Å². The lowest BCUT2D eigenvalue weighted by Gasteiger charge is -2.25. The quantitative estimate of drug-likeness (QED) is 0.634. The van der Waals surface area contributed by atoms with Crippen LogP contribution in [0.1, 0.15) is 19.3 Å². The highest BCUT2D eigenvalue weighted by molar-refractivity contribution is 6.70.